The summed E-state index contributed by atoms with van der Waals surface area (Å²) in [6, 6.07) is 9.20. The van der Waals surface area contributed by atoms with Crippen LogP contribution in [0.25, 0.3) is 11.3 Å². The Morgan fingerprint density at radius 1 is 1.04 bits per heavy atom. The molecule has 1 aromatic carbocycles. The average Bonchev–Trinajstić information content (AvgIpc) is 3.15. The largest absolute Gasteiger partial charge is 0.351 e. The van der Waals surface area contributed by atoms with Gasteiger partial charge in [-0.05, 0) is 0 Å². The van der Waals surface area contributed by atoms with Crippen LogP contribution in [0, 0.1) is 5.82 Å². The Morgan fingerprint density at radius 3 is 2.44 bits per heavy atom. The van der Waals surface area contributed by atoms with Gasteiger partial charge in [0.05, 0.1) is 6.33 Å². The van der Waals surface area contributed by atoms with Crippen LogP contribution in [0.4, 0.5) is 10.2 Å². The molecule has 7 nitrogen and oxygen atoms in total. The molecule has 0 unspecified atom stereocenters. The van der Waals surface area contributed by atoms with E-state index < -0.39 is 5.82 Å². The lowest BCUT2D eigenvalue weighted by atomic mass is 10.1. The van der Waals surface area contributed by atoms with Gasteiger partial charge in [-0.15, -0.1) is 0 Å². The number of carbonyl (C=O) groups excluding carboxylic acids is 1. The highest BCUT2D eigenvalue weighted by Gasteiger charge is 2.26. The fraction of sp³-hybridized carbons (Fsp3) is 0.263. The van der Waals surface area contributed by atoms with Crippen LogP contribution in [-0.2, 0) is 7.05 Å². The summed E-state index contributed by atoms with van der Waals surface area (Å²) >= 11 is 0. The zero-order chi connectivity index (χ0) is 18.8. The number of amides is 1. The lowest BCUT2D eigenvalue weighted by Gasteiger charge is -2.35. The summed E-state index contributed by atoms with van der Waals surface area (Å²) in [4.78, 5) is 28.4. The Balaban J connectivity index is 1.49. The predicted octanol–water partition coefficient (Wildman–Crippen LogP) is 1.98. The summed E-state index contributed by atoms with van der Waals surface area (Å²) in [5, 5.41) is 0. The van der Waals surface area contributed by atoms with Crippen molar-refractivity contribution in [3.05, 3.63) is 60.7 Å². The SMILES string of the molecule is Cn1cnc(C(=O)N2CCN(c3ncnc(-c4ccccc4)c3F)CC2)c1. The molecule has 27 heavy (non-hydrogen) atoms. The molecule has 0 radical (unpaired) electrons. The number of aromatic nitrogens is 4. The predicted molar refractivity (Wildman–Crippen MR) is 98.8 cm³/mol. The van der Waals surface area contributed by atoms with Gasteiger partial charge in [0.25, 0.3) is 5.91 Å². The van der Waals surface area contributed by atoms with E-state index in [0.717, 1.165) is 0 Å². The van der Waals surface area contributed by atoms with Crippen molar-refractivity contribution >= 4 is 11.7 Å². The highest BCUT2D eigenvalue weighted by molar-refractivity contribution is 5.92. The summed E-state index contributed by atoms with van der Waals surface area (Å²) in [7, 11) is 1.82. The van der Waals surface area contributed by atoms with Crippen LogP contribution >= 0.6 is 0 Å². The topological polar surface area (TPSA) is 67.2 Å². The second-order valence-electron chi connectivity index (χ2n) is 6.43. The van der Waals surface area contributed by atoms with Crippen molar-refractivity contribution in [2.45, 2.75) is 0 Å². The van der Waals surface area contributed by atoms with E-state index in [-0.39, 0.29) is 17.4 Å². The Hall–Kier alpha value is -3.29. The van der Waals surface area contributed by atoms with Gasteiger partial charge in [0, 0.05) is 45.0 Å². The average molecular weight is 366 g/mol. The summed E-state index contributed by atoms with van der Waals surface area (Å²) in [5.74, 6) is -0.273. The zero-order valence-corrected chi connectivity index (χ0v) is 14.9. The van der Waals surface area contributed by atoms with Gasteiger partial charge in [-0.2, -0.15) is 0 Å². The summed E-state index contributed by atoms with van der Waals surface area (Å²) < 4.78 is 16.7. The fourth-order valence-corrected chi connectivity index (χ4v) is 3.18. The molecule has 1 saturated heterocycles. The monoisotopic (exact) mass is 366 g/mol. The Bertz CT molecular complexity index is 950. The highest BCUT2D eigenvalue weighted by atomic mass is 19.1. The molecule has 4 rings (SSSR count). The van der Waals surface area contributed by atoms with Crippen molar-refractivity contribution in [1.82, 2.24) is 24.4 Å². The first-order valence-corrected chi connectivity index (χ1v) is 8.71. The van der Waals surface area contributed by atoms with Crippen molar-refractivity contribution in [3.8, 4) is 11.3 Å². The number of anilines is 1. The standard InChI is InChI=1S/C19H19FN6O/c1-24-11-15(23-13-24)19(27)26-9-7-25(8-10-26)18-16(20)17(21-12-22-18)14-5-3-2-4-6-14/h2-6,11-13H,7-10H2,1H3. The molecule has 3 heterocycles. The molecule has 1 fully saturated rings. The molecule has 0 aliphatic carbocycles. The lowest BCUT2D eigenvalue weighted by Crippen LogP contribution is -2.49. The van der Waals surface area contributed by atoms with Crippen LogP contribution in [-0.4, -0.2) is 56.5 Å². The molecule has 138 valence electrons. The van der Waals surface area contributed by atoms with Crippen LogP contribution in [0.15, 0.2) is 49.2 Å². The molecule has 8 heteroatoms. The molecule has 3 aromatic rings. The number of halogens is 1. The minimum atomic E-state index is -0.437. The van der Waals surface area contributed by atoms with Gasteiger partial charge in [-0.1, -0.05) is 30.3 Å². The zero-order valence-electron chi connectivity index (χ0n) is 14.9. The Labute approximate surface area is 156 Å². The van der Waals surface area contributed by atoms with Crippen LogP contribution in [0.3, 0.4) is 0 Å². The maximum absolute atomic E-state index is 15.0. The maximum Gasteiger partial charge on any atom is 0.274 e. The minimum absolute atomic E-state index is 0.108. The van der Waals surface area contributed by atoms with Crippen LogP contribution in [0.5, 0.6) is 0 Å². The van der Waals surface area contributed by atoms with E-state index in [9.17, 15) is 4.79 Å². The number of hydrogen-bond acceptors (Lipinski definition) is 5. The first-order chi connectivity index (χ1) is 13.1. The van der Waals surface area contributed by atoms with Crippen molar-refractivity contribution in [1.29, 1.82) is 0 Å². The molecule has 0 N–H and O–H groups in total. The molecule has 0 saturated carbocycles. The van der Waals surface area contributed by atoms with Gasteiger partial charge < -0.3 is 14.4 Å². The number of rotatable bonds is 3. The number of nitrogens with zero attached hydrogens (tertiary/aromatic N) is 6. The van der Waals surface area contributed by atoms with E-state index in [1.807, 2.05) is 42.3 Å². The van der Waals surface area contributed by atoms with Crippen molar-refractivity contribution in [2.75, 3.05) is 31.1 Å². The second-order valence-corrected chi connectivity index (χ2v) is 6.43. The van der Waals surface area contributed by atoms with Crippen molar-refractivity contribution in [3.63, 3.8) is 0 Å². The van der Waals surface area contributed by atoms with Gasteiger partial charge in [-0.25, -0.2) is 19.3 Å². The number of benzene rings is 1. The first kappa shape index (κ1) is 17.1. The van der Waals surface area contributed by atoms with Gasteiger partial charge in [0.2, 0.25) is 0 Å². The number of hydrogen-bond donors (Lipinski definition) is 0. The van der Waals surface area contributed by atoms with E-state index in [1.165, 1.54) is 6.33 Å². The fourth-order valence-electron chi connectivity index (χ4n) is 3.18. The molecule has 0 atom stereocenters. The van der Waals surface area contributed by atoms with Gasteiger partial charge in [0.1, 0.15) is 17.7 Å². The van der Waals surface area contributed by atoms with E-state index in [4.69, 9.17) is 0 Å². The Kier molecular flexibility index (Phi) is 4.53. The molecule has 0 spiro atoms. The first-order valence-electron chi connectivity index (χ1n) is 8.71. The number of imidazole rings is 1. The van der Waals surface area contributed by atoms with Crippen LogP contribution in [0.1, 0.15) is 10.5 Å². The highest BCUT2D eigenvalue weighted by Crippen LogP contribution is 2.26. The third kappa shape index (κ3) is 3.38. The number of piperazine rings is 1. The van der Waals surface area contributed by atoms with Crippen molar-refractivity contribution in [2.24, 2.45) is 7.05 Å². The van der Waals surface area contributed by atoms with E-state index >= 15 is 4.39 Å². The number of carbonyl (C=O) groups is 1. The normalized spacial score (nSPS) is 14.4. The second kappa shape index (κ2) is 7.14. The smallest absolute Gasteiger partial charge is 0.274 e. The molecular formula is C19H19FN6O. The van der Waals surface area contributed by atoms with Crippen LogP contribution < -0.4 is 4.90 Å². The molecule has 0 bridgehead atoms. The summed E-state index contributed by atoms with van der Waals surface area (Å²) in [5.41, 5.74) is 1.42. The van der Waals surface area contributed by atoms with Gasteiger partial charge >= 0.3 is 0 Å². The third-order valence-electron chi connectivity index (χ3n) is 4.61. The molecule has 1 aliphatic heterocycles. The molecular weight excluding hydrogens is 347 g/mol. The number of aryl methyl sites for hydroxylation is 1. The van der Waals surface area contributed by atoms with Crippen molar-refractivity contribution < 1.29 is 9.18 Å². The maximum atomic E-state index is 15.0. The van der Waals surface area contributed by atoms with Gasteiger partial charge in [-0.3, -0.25) is 4.79 Å². The quantitative estimate of drug-likeness (QED) is 0.709. The van der Waals surface area contributed by atoms with E-state index in [2.05, 4.69) is 15.0 Å². The van der Waals surface area contributed by atoms with E-state index in [0.29, 0.717) is 37.4 Å². The third-order valence-corrected chi connectivity index (χ3v) is 4.61. The van der Waals surface area contributed by atoms with Crippen LogP contribution in [0.2, 0.25) is 0 Å². The molecule has 1 aliphatic rings. The van der Waals surface area contributed by atoms with E-state index in [1.54, 1.807) is 22.0 Å². The lowest BCUT2D eigenvalue weighted by molar-refractivity contribution is 0.0741. The Morgan fingerprint density at radius 2 is 1.78 bits per heavy atom. The minimum Gasteiger partial charge on any atom is -0.351 e. The summed E-state index contributed by atoms with van der Waals surface area (Å²) in [6.45, 7) is 1.97. The summed E-state index contributed by atoms with van der Waals surface area (Å²) in [6.07, 6.45) is 4.68. The van der Waals surface area contributed by atoms with Gasteiger partial charge in [0.15, 0.2) is 11.6 Å². The molecule has 1 amide bonds. The molecule has 2 aromatic heterocycles.